The number of hydrogen-bond donors (Lipinski definition) is 1. The van der Waals surface area contributed by atoms with Crippen LogP contribution in [0.3, 0.4) is 0 Å². The molecule has 1 aromatic carbocycles. The van der Waals surface area contributed by atoms with E-state index in [-0.39, 0.29) is 0 Å². The van der Waals surface area contributed by atoms with E-state index in [0.717, 1.165) is 6.42 Å². The van der Waals surface area contributed by atoms with Crippen LogP contribution in [0.25, 0.3) is 0 Å². The zero-order valence-corrected chi connectivity index (χ0v) is 9.10. The monoisotopic (exact) mass is 204 g/mol. The smallest absolute Gasteiger partial charge is 0.330 e. The van der Waals surface area contributed by atoms with Crippen LogP contribution in [0.15, 0.2) is 42.0 Å². The van der Waals surface area contributed by atoms with Crippen molar-refractivity contribution >= 4 is 5.97 Å². The van der Waals surface area contributed by atoms with Gasteiger partial charge in [0.2, 0.25) is 0 Å². The standard InChI is InChI=1S/C13H16O2/c1-10(8-9-11(2)13(14)15)12-6-4-3-5-7-12/h3-7,9-10H,8H2,1-2H3,(H,14,15)/b11-9+. The second-order valence-electron chi connectivity index (χ2n) is 3.74. The van der Waals surface area contributed by atoms with E-state index in [2.05, 4.69) is 19.1 Å². The van der Waals surface area contributed by atoms with Crippen molar-refractivity contribution in [1.29, 1.82) is 0 Å². The summed E-state index contributed by atoms with van der Waals surface area (Å²) in [4.78, 5) is 10.6. The van der Waals surface area contributed by atoms with E-state index in [1.54, 1.807) is 13.0 Å². The van der Waals surface area contributed by atoms with E-state index in [1.165, 1.54) is 5.56 Å². The van der Waals surface area contributed by atoms with Crippen molar-refractivity contribution < 1.29 is 9.90 Å². The molecule has 1 N–H and O–H groups in total. The van der Waals surface area contributed by atoms with Gasteiger partial charge in [-0.15, -0.1) is 0 Å². The molecule has 1 unspecified atom stereocenters. The van der Waals surface area contributed by atoms with Crippen molar-refractivity contribution in [3.8, 4) is 0 Å². The average Bonchev–Trinajstić information content (AvgIpc) is 2.26. The van der Waals surface area contributed by atoms with Crippen molar-refractivity contribution in [2.75, 3.05) is 0 Å². The van der Waals surface area contributed by atoms with Crippen LogP contribution in [-0.2, 0) is 4.79 Å². The van der Waals surface area contributed by atoms with Gasteiger partial charge in [-0.3, -0.25) is 0 Å². The molecule has 15 heavy (non-hydrogen) atoms. The fourth-order valence-corrected chi connectivity index (χ4v) is 1.36. The molecule has 1 aromatic rings. The maximum atomic E-state index is 10.6. The molecule has 0 aliphatic rings. The number of hydrogen-bond acceptors (Lipinski definition) is 1. The Bertz CT molecular complexity index is 352. The van der Waals surface area contributed by atoms with Gasteiger partial charge < -0.3 is 5.11 Å². The summed E-state index contributed by atoms with van der Waals surface area (Å²) in [7, 11) is 0. The van der Waals surface area contributed by atoms with Gasteiger partial charge in [-0.25, -0.2) is 4.79 Å². The van der Waals surface area contributed by atoms with Crippen molar-refractivity contribution in [3.63, 3.8) is 0 Å². The molecule has 0 bridgehead atoms. The fraction of sp³-hybridized carbons (Fsp3) is 0.308. The Balaban J connectivity index is 2.61. The highest BCUT2D eigenvalue weighted by Gasteiger charge is 2.04. The molecule has 0 aliphatic carbocycles. The summed E-state index contributed by atoms with van der Waals surface area (Å²) in [6, 6.07) is 10.1. The average molecular weight is 204 g/mol. The number of aliphatic carboxylic acids is 1. The molecule has 0 saturated carbocycles. The molecule has 0 spiro atoms. The van der Waals surface area contributed by atoms with Crippen LogP contribution in [0, 0.1) is 0 Å². The van der Waals surface area contributed by atoms with E-state index in [0.29, 0.717) is 11.5 Å². The molecule has 0 fully saturated rings. The van der Waals surface area contributed by atoms with Crippen LogP contribution in [0.1, 0.15) is 31.7 Å². The Morgan fingerprint density at radius 3 is 2.53 bits per heavy atom. The SMILES string of the molecule is C/C(=C\CC(C)c1ccccc1)C(=O)O. The van der Waals surface area contributed by atoms with Gasteiger partial charge in [0.15, 0.2) is 0 Å². The largest absolute Gasteiger partial charge is 0.478 e. The lowest BCUT2D eigenvalue weighted by Gasteiger charge is -2.08. The first-order valence-corrected chi connectivity index (χ1v) is 5.06. The fourth-order valence-electron chi connectivity index (χ4n) is 1.36. The topological polar surface area (TPSA) is 37.3 Å². The zero-order valence-electron chi connectivity index (χ0n) is 9.10. The number of benzene rings is 1. The predicted molar refractivity (Wildman–Crippen MR) is 60.9 cm³/mol. The lowest BCUT2D eigenvalue weighted by Crippen LogP contribution is -1.97. The second-order valence-corrected chi connectivity index (χ2v) is 3.74. The summed E-state index contributed by atoms with van der Waals surface area (Å²) in [5.41, 5.74) is 1.66. The number of carboxylic acid groups (broad SMARTS) is 1. The minimum absolute atomic E-state index is 0.362. The first kappa shape index (κ1) is 11.5. The second kappa shape index (κ2) is 5.35. The summed E-state index contributed by atoms with van der Waals surface area (Å²) < 4.78 is 0. The Morgan fingerprint density at radius 1 is 1.40 bits per heavy atom. The molecule has 1 rings (SSSR count). The van der Waals surface area contributed by atoms with Gasteiger partial charge in [-0.1, -0.05) is 43.3 Å². The molecule has 0 saturated heterocycles. The Labute approximate surface area is 90.3 Å². The van der Waals surface area contributed by atoms with Crippen molar-refractivity contribution in [1.82, 2.24) is 0 Å². The van der Waals surface area contributed by atoms with E-state index < -0.39 is 5.97 Å². The van der Waals surface area contributed by atoms with Crippen LogP contribution in [-0.4, -0.2) is 11.1 Å². The highest BCUT2D eigenvalue weighted by atomic mass is 16.4. The normalized spacial score (nSPS) is 13.6. The van der Waals surface area contributed by atoms with Crippen LogP contribution < -0.4 is 0 Å². The van der Waals surface area contributed by atoms with Crippen LogP contribution in [0.5, 0.6) is 0 Å². The molecule has 2 heteroatoms. The molecule has 0 heterocycles. The zero-order chi connectivity index (χ0) is 11.3. The highest BCUT2D eigenvalue weighted by Crippen LogP contribution is 2.19. The summed E-state index contributed by atoms with van der Waals surface area (Å²) in [5.74, 6) is -0.476. The van der Waals surface area contributed by atoms with Crippen molar-refractivity contribution in [3.05, 3.63) is 47.5 Å². The third-order valence-electron chi connectivity index (χ3n) is 2.48. The third-order valence-corrected chi connectivity index (χ3v) is 2.48. The first-order valence-electron chi connectivity index (χ1n) is 5.06. The van der Waals surface area contributed by atoms with E-state index >= 15 is 0 Å². The molecule has 0 aromatic heterocycles. The molecule has 0 radical (unpaired) electrons. The van der Waals surface area contributed by atoms with Gasteiger partial charge in [-0.2, -0.15) is 0 Å². The minimum Gasteiger partial charge on any atom is -0.478 e. The number of allylic oxidation sites excluding steroid dienone is 1. The van der Waals surface area contributed by atoms with Crippen LogP contribution >= 0.6 is 0 Å². The Kier molecular flexibility index (Phi) is 4.10. The number of carboxylic acids is 1. The van der Waals surface area contributed by atoms with Crippen LogP contribution in [0.4, 0.5) is 0 Å². The van der Waals surface area contributed by atoms with Gasteiger partial charge in [0.1, 0.15) is 0 Å². The van der Waals surface area contributed by atoms with E-state index in [4.69, 9.17) is 5.11 Å². The lowest BCUT2D eigenvalue weighted by atomic mass is 9.97. The van der Waals surface area contributed by atoms with Gasteiger partial charge in [0.25, 0.3) is 0 Å². The molecular formula is C13H16O2. The van der Waals surface area contributed by atoms with Crippen molar-refractivity contribution in [2.24, 2.45) is 0 Å². The van der Waals surface area contributed by atoms with E-state index in [1.807, 2.05) is 18.2 Å². The maximum Gasteiger partial charge on any atom is 0.330 e. The van der Waals surface area contributed by atoms with Crippen molar-refractivity contribution in [2.45, 2.75) is 26.2 Å². The molecule has 2 nitrogen and oxygen atoms in total. The first-order chi connectivity index (χ1) is 7.11. The summed E-state index contributed by atoms with van der Waals surface area (Å²) in [6.45, 7) is 3.72. The Hall–Kier alpha value is -1.57. The quantitative estimate of drug-likeness (QED) is 0.764. The number of rotatable bonds is 4. The molecule has 0 aliphatic heterocycles. The third kappa shape index (κ3) is 3.58. The van der Waals surface area contributed by atoms with Gasteiger partial charge in [0, 0.05) is 5.57 Å². The summed E-state index contributed by atoms with van der Waals surface area (Å²) in [5, 5.41) is 8.70. The van der Waals surface area contributed by atoms with Gasteiger partial charge in [-0.05, 0) is 24.8 Å². The van der Waals surface area contributed by atoms with E-state index in [9.17, 15) is 4.79 Å². The number of carbonyl (C=O) groups is 1. The van der Waals surface area contributed by atoms with Crippen LogP contribution in [0.2, 0.25) is 0 Å². The summed E-state index contributed by atoms with van der Waals surface area (Å²) >= 11 is 0. The summed E-state index contributed by atoms with van der Waals surface area (Å²) in [6.07, 6.45) is 2.54. The molecule has 80 valence electrons. The molecule has 0 amide bonds. The molecule has 1 atom stereocenters. The minimum atomic E-state index is -0.838. The molecular weight excluding hydrogens is 188 g/mol. The van der Waals surface area contributed by atoms with Gasteiger partial charge >= 0.3 is 5.97 Å². The predicted octanol–water partition coefficient (Wildman–Crippen LogP) is 3.21. The highest BCUT2D eigenvalue weighted by molar-refractivity contribution is 5.85. The Morgan fingerprint density at radius 2 is 2.00 bits per heavy atom. The van der Waals surface area contributed by atoms with Gasteiger partial charge in [0.05, 0.1) is 0 Å². The maximum absolute atomic E-state index is 10.6. The lowest BCUT2D eigenvalue weighted by molar-refractivity contribution is -0.132.